The van der Waals surface area contributed by atoms with Crippen molar-refractivity contribution in [3.8, 4) is 0 Å². The summed E-state index contributed by atoms with van der Waals surface area (Å²) in [5.41, 5.74) is 3.29. The Morgan fingerprint density at radius 3 is 2.04 bits per heavy atom. The minimum Gasteiger partial charge on any atom is -0.326 e. The van der Waals surface area contributed by atoms with Crippen molar-refractivity contribution in [3.63, 3.8) is 0 Å². The first-order valence-corrected chi connectivity index (χ1v) is 9.40. The van der Waals surface area contributed by atoms with Gasteiger partial charge in [-0.3, -0.25) is 4.79 Å². The fourth-order valence-electron chi connectivity index (χ4n) is 4.89. The summed E-state index contributed by atoms with van der Waals surface area (Å²) in [7, 11) is 0. The fraction of sp³-hybridized carbons (Fsp3) is 0.632. The molecule has 1 N–H and O–H groups in total. The van der Waals surface area contributed by atoms with Crippen LogP contribution in [0.4, 0.5) is 5.69 Å². The van der Waals surface area contributed by atoms with Gasteiger partial charge in [-0.05, 0) is 86.5 Å². The van der Waals surface area contributed by atoms with E-state index in [2.05, 4.69) is 25.2 Å². The van der Waals surface area contributed by atoms with Crippen LogP contribution in [0, 0.1) is 43.4 Å². The molecule has 0 saturated heterocycles. The van der Waals surface area contributed by atoms with Gasteiger partial charge in [0.15, 0.2) is 0 Å². The zero-order valence-corrected chi connectivity index (χ0v) is 15.1. The van der Waals surface area contributed by atoms with E-state index in [1.165, 1.54) is 11.1 Å². The fourth-order valence-corrected chi connectivity index (χ4v) is 5.80. The van der Waals surface area contributed by atoms with E-state index in [1.54, 1.807) is 0 Å². The molecule has 124 valence electrons. The number of hydrogen-bond donors (Lipinski definition) is 1. The molecular weight excluding hydrogens is 329 g/mol. The summed E-state index contributed by atoms with van der Waals surface area (Å²) in [6.45, 7) is 4.12. The molecule has 1 aromatic carbocycles. The molecule has 0 bridgehead atoms. The predicted molar refractivity (Wildman–Crippen MR) is 94.9 cm³/mol. The van der Waals surface area contributed by atoms with Gasteiger partial charge in [0.05, 0.1) is 0 Å². The van der Waals surface area contributed by atoms with Gasteiger partial charge in [-0.1, -0.05) is 6.07 Å². The normalized spacial score (nSPS) is 37.0. The van der Waals surface area contributed by atoms with Gasteiger partial charge < -0.3 is 5.32 Å². The first kappa shape index (κ1) is 15.8. The number of rotatable bonds is 2. The molecule has 23 heavy (non-hydrogen) atoms. The third-order valence-electron chi connectivity index (χ3n) is 6.11. The monoisotopic (exact) mass is 351 g/mol. The van der Waals surface area contributed by atoms with Crippen molar-refractivity contribution in [2.45, 2.75) is 43.9 Å². The Morgan fingerprint density at radius 2 is 1.52 bits per heavy atom. The Hall–Kier alpha value is -0.730. The largest absolute Gasteiger partial charge is 0.326 e. The van der Waals surface area contributed by atoms with Gasteiger partial charge in [-0.2, -0.15) is 0 Å². The standard InChI is InChI=1S/C19H23Cl2NO/c1-10-7-11(2)9-12(8-10)22-18(23)17-13-3-5-15-16(19(15,20)21)6-4-14(13)17/h7-9,13-17H,3-6H2,1-2H3,(H,22,23)/t13-,14-,15-,16-/m1/s1. The van der Waals surface area contributed by atoms with E-state index in [9.17, 15) is 4.79 Å². The zero-order chi connectivity index (χ0) is 16.4. The number of aryl methyl sites for hydroxylation is 2. The molecule has 3 aliphatic rings. The maximum atomic E-state index is 12.6. The lowest BCUT2D eigenvalue weighted by molar-refractivity contribution is -0.117. The van der Waals surface area contributed by atoms with Crippen LogP contribution in [-0.4, -0.2) is 10.2 Å². The Balaban J connectivity index is 1.40. The second-order valence-electron chi connectivity index (χ2n) is 7.76. The molecule has 0 aliphatic heterocycles. The van der Waals surface area contributed by atoms with Crippen molar-refractivity contribution in [1.82, 2.24) is 0 Å². The second-order valence-corrected chi connectivity index (χ2v) is 9.21. The number of carbonyl (C=O) groups is 1. The van der Waals surface area contributed by atoms with Crippen LogP contribution in [0.1, 0.15) is 36.8 Å². The summed E-state index contributed by atoms with van der Waals surface area (Å²) >= 11 is 12.7. The third kappa shape index (κ3) is 2.78. The van der Waals surface area contributed by atoms with Crippen molar-refractivity contribution in [1.29, 1.82) is 0 Å². The molecule has 4 atom stereocenters. The van der Waals surface area contributed by atoms with Crippen molar-refractivity contribution < 1.29 is 4.79 Å². The number of anilines is 1. The van der Waals surface area contributed by atoms with Crippen molar-refractivity contribution in [2.24, 2.45) is 29.6 Å². The van der Waals surface area contributed by atoms with E-state index < -0.39 is 4.33 Å². The van der Waals surface area contributed by atoms with Gasteiger partial charge >= 0.3 is 0 Å². The van der Waals surface area contributed by atoms with Gasteiger partial charge in [-0.25, -0.2) is 0 Å². The average molecular weight is 352 g/mol. The van der Waals surface area contributed by atoms with E-state index in [-0.39, 0.29) is 11.8 Å². The molecule has 0 aromatic heterocycles. The molecule has 0 heterocycles. The molecule has 1 amide bonds. The molecule has 4 rings (SSSR count). The highest BCUT2D eigenvalue weighted by molar-refractivity contribution is 6.51. The molecule has 4 heteroatoms. The van der Waals surface area contributed by atoms with E-state index in [4.69, 9.17) is 23.2 Å². The van der Waals surface area contributed by atoms with E-state index in [0.29, 0.717) is 23.7 Å². The second kappa shape index (κ2) is 5.39. The summed E-state index contributed by atoms with van der Waals surface area (Å²) < 4.78 is -0.479. The Bertz CT molecular complexity index is 615. The number of nitrogens with one attached hydrogen (secondary N) is 1. The van der Waals surface area contributed by atoms with Crippen LogP contribution in [-0.2, 0) is 4.79 Å². The predicted octanol–water partition coefficient (Wildman–Crippen LogP) is 5.10. The lowest BCUT2D eigenvalue weighted by Crippen LogP contribution is -2.16. The zero-order valence-electron chi connectivity index (χ0n) is 13.6. The molecule has 0 spiro atoms. The highest BCUT2D eigenvalue weighted by atomic mass is 35.5. The molecular formula is C19H23Cl2NO. The SMILES string of the molecule is Cc1cc(C)cc(NC(=O)C2[C@@H]3CC[C@@H]4[C@@H](CC[C@@H]23)C4(Cl)Cl)c1. The molecule has 3 aliphatic carbocycles. The summed E-state index contributed by atoms with van der Waals surface area (Å²) in [6.07, 6.45) is 4.34. The smallest absolute Gasteiger partial charge is 0.228 e. The van der Waals surface area contributed by atoms with Crippen LogP contribution in [0.25, 0.3) is 0 Å². The van der Waals surface area contributed by atoms with E-state index >= 15 is 0 Å². The molecule has 0 unspecified atom stereocenters. The molecule has 3 fully saturated rings. The average Bonchev–Trinajstić information content (AvgIpc) is 3.22. The Kier molecular flexibility index (Phi) is 3.70. The van der Waals surface area contributed by atoms with E-state index in [0.717, 1.165) is 31.4 Å². The quantitative estimate of drug-likeness (QED) is 0.738. The summed E-state index contributed by atoms with van der Waals surface area (Å²) in [5, 5.41) is 3.13. The number of benzene rings is 1. The molecule has 0 radical (unpaired) electrons. The van der Waals surface area contributed by atoms with Crippen molar-refractivity contribution >= 4 is 34.8 Å². The Labute approximate surface area is 147 Å². The third-order valence-corrected chi connectivity index (χ3v) is 7.23. The van der Waals surface area contributed by atoms with Crippen molar-refractivity contribution in [2.75, 3.05) is 5.32 Å². The van der Waals surface area contributed by atoms with Crippen LogP contribution >= 0.6 is 23.2 Å². The summed E-state index contributed by atoms with van der Waals surface area (Å²) in [4.78, 5) is 12.6. The van der Waals surface area contributed by atoms with Crippen LogP contribution < -0.4 is 5.32 Å². The molecule has 1 aromatic rings. The lowest BCUT2D eigenvalue weighted by atomic mass is 10.0. The maximum Gasteiger partial charge on any atom is 0.228 e. The minimum atomic E-state index is -0.479. The van der Waals surface area contributed by atoms with E-state index in [1.807, 2.05) is 12.1 Å². The first-order valence-electron chi connectivity index (χ1n) is 8.65. The number of halogens is 2. The van der Waals surface area contributed by atoms with Gasteiger partial charge in [-0.15, -0.1) is 23.2 Å². The highest BCUT2D eigenvalue weighted by Gasteiger charge is 2.65. The number of amides is 1. The van der Waals surface area contributed by atoms with Crippen LogP contribution in [0.5, 0.6) is 0 Å². The van der Waals surface area contributed by atoms with Gasteiger partial charge in [0.1, 0.15) is 4.33 Å². The van der Waals surface area contributed by atoms with Crippen LogP contribution in [0.15, 0.2) is 18.2 Å². The first-order chi connectivity index (χ1) is 10.9. The molecule has 2 nitrogen and oxygen atoms in total. The van der Waals surface area contributed by atoms with Crippen LogP contribution in [0.3, 0.4) is 0 Å². The van der Waals surface area contributed by atoms with Gasteiger partial charge in [0.2, 0.25) is 5.91 Å². The topological polar surface area (TPSA) is 29.1 Å². The minimum absolute atomic E-state index is 0.188. The summed E-state index contributed by atoms with van der Waals surface area (Å²) in [5.74, 6) is 2.36. The number of alkyl halides is 2. The Morgan fingerprint density at radius 1 is 1.00 bits per heavy atom. The number of fused-ring (bicyclic) bond motifs is 2. The van der Waals surface area contributed by atoms with Gasteiger partial charge in [0, 0.05) is 11.6 Å². The molecule has 3 saturated carbocycles. The van der Waals surface area contributed by atoms with Crippen molar-refractivity contribution in [3.05, 3.63) is 29.3 Å². The van der Waals surface area contributed by atoms with Gasteiger partial charge in [0.25, 0.3) is 0 Å². The lowest BCUT2D eigenvalue weighted by Gasteiger charge is -2.07. The maximum absolute atomic E-state index is 12.6. The highest BCUT2D eigenvalue weighted by Crippen LogP contribution is 2.67. The number of hydrogen-bond acceptors (Lipinski definition) is 1. The summed E-state index contributed by atoms with van der Waals surface area (Å²) in [6, 6.07) is 6.21. The van der Waals surface area contributed by atoms with Crippen LogP contribution in [0.2, 0.25) is 0 Å². The number of carbonyl (C=O) groups excluding carboxylic acids is 1.